The molecular weight excluding hydrogens is 304 g/mol. The van der Waals surface area contributed by atoms with Crippen LogP contribution in [0.25, 0.3) is 0 Å². The SMILES string of the molecule is COc1nscc1S(=O)(=O)N1C(C(=O)O)CCC1(C)C. The first-order valence-corrected chi connectivity index (χ1v) is 8.25. The van der Waals surface area contributed by atoms with Crippen molar-refractivity contribution < 1.29 is 23.1 Å². The van der Waals surface area contributed by atoms with Gasteiger partial charge >= 0.3 is 5.97 Å². The van der Waals surface area contributed by atoms with Gasteiger partial charge < -0.3 is 9.84 Å². The van der Waals surface area contributed by atoms with Crippen molar-refractivity contribution in [3.63, 3.8) is 0 Å². The minimum Gasteiger partial charge on any atom is -0.480 e. The third kappa shape index (κ3) is 2.29. The first kappa shape index (κ1) is 15.2. The Morgan fingerprint density at radius 2 is 2.25 bits per heavy atom. The number of carboxylic acids is 1. The standard InChI is InChI=1S/C11H16N2O5S2/c1-11(2)5-4-7(10(14)15)13(11)20(16,17)8-6-19-12-9(8)18-3/h6-7H,4-5H2,1-3H3,(H,14,15). The van der Waals surface area contributed by atoms with E-state index in [2.05, 4.69) is 4.37 Å². The molecule has 1 atom stereocenters. The summed E-state index contributed by atoms with van der Waals surface area (Å²) in [6.45, 7) is 3.44. The molecule has 7 nitrogen and oxygen atoms in total. The summed E-state index contributed by atoms with van der Waals surface area (Å²) in [4.78, 5) is 11.2. The van der Waals surface area contributed by atoms with E-state index in [0.717, 1.165) is 15.8 Å². The predicted octanol–water partition coefficient (Wildman–Crippen LogP) is 1.17. The van der Waals surface area contributed by atoms with Crippen LogP contribution in [-0.2, 0) is 14.8 Å². The Labute approximate surface area is 121 Å². The average Bonchev–Trinajstić information content (AvgIpc) is 2.92. The molecule has 1 saturated heterocycles. The number of methoxy groups -OCH3 is 1. The summed E-state index contributed by atoms with van der Waals surface area (Å²) in [5, 5.41) is 10.6. The summed E-state index contributed by atoms with van der Waals surface area (Å²) < 4.78 is 35.4. The Hall–Kier alpha value is -1.19. The molecule has 0 spiro atoms. The fourth-order valence-corrected chi connectivity index (χ4v) is 5.51. The topological polar surface area (TPSA) is 96.8 Å². The first-order chi connectivity index (χ1) is 9.21. The molecule has 0 radical (unpaired) electrons. The van der Waals surface area contributed by atoms with E-state index in [-0.39, 0.29) is 10.8 Å². The van der Waals surface area contributed by atoms with Crippen LogP contribution in [0.1, 0.15) is 26.7 Å². The molecule has 0 aromatic carbocycles. The Morgan fingerprint density at radius 1 is 1.60 bits per heavy atom. The number of rotatable bonds is 4. The Morgan fingerprint density at radius 3 is 2.80 bits per heavy atom. The van der Waals surface area contributed by atoms with Crippen LogP contribution in [0, 0.1) is 0 Å². The fourth-order valence-electron chi connectivity index (χ4n) is 2.49. The summed E-state index contributed by atoms with van der Waals surface area (Å²) in [5.41, 5.74) is -0.755. The molecule has 1 aliphatic heterocycles. The van der Waals surface area contributed by atoms with Gasteiger partial charge in [0.2, 0.25) is 5.88 Å². The summed E-state index contributed by atoms with van der Waals surface area (Å²) >= 11 is 0.958. The van der Waals surface area contributed by atoms with Crippen molar-refractivity contribution in [1.82, 2.24) is 8.68 Å². The molecule has 0 saturated carbocycles. The highest BCUT2D eigenvalue weighted by molar-refractivity contribution is 7.89. The Kier molecular flexibility index (Phi) is 3.78. The summed E-state index contributed by atoms with van der Waals surface area (Å²) in [5.74, 6) is -1.14. The summed E-state index contributed by atoms with van der Waals surface area (Å²) in [7, 11) is -2.63. The maximum Gasteiger partial charge on any atom is 0.322 e. The zero-order valence-corrected chi connectivity index (χ0v) is 13.0. The molecule has 112 valence electrons. The van der Waals surface area contributed by atoms with E-state index in [4.69, 9.17) is 4.74 Å². The van der Waals surface area contributed by atoms with E-state index < -0.39 is 27.6 Å². The first-order valence-electron chi connectivity index (χ1n) is 5.97. The van der Waals surface area contributed by atoms with Crippen LogP contribution in [-0.4, -0.2) is 46.9 Å². The zero-order chi connectivity index (χ0) is 15.1. The number of nitrogens with zero attached hydrogens (tertiary/aromatic N) is 2. The third-order valence-corrected chi connectivity index (χ3v) is 6.31. The number of aliphatic carboxylic acids is 1. The predicted molar refractivity (Wildman–Crippen MR) is 72.4 cm³/mol. The molecule has 1 aromatic rings. The molecule has 1 N–H and O–H groups in total. The van der Waals surface area contributed by atoms with Gasteiger partial charge in [0.1, 0.15) is 6.04 Å². The van der Waals surface area contributed by atoms with Crippen LogP contribution in [0.3, 0.4) is 0 Å². The van der Waals surface area contributed by atoms with Gasteiger partial charge in [-0.2, -0.15) is 8.68 Å². The maximum absolute atomic E-state index is 12.8. The van der Waals surface area contributed by atoms with Gasteiger partial charge in [-0.15, -0.1) is 0 Å². The van der Waals surface area contributed by atoms with E-state index >= 15 is 0 Å². The molecule has 1 aromatic heterocycles. The molecule has 1 aliphatic rings. The van der Waals surface area contributed by atoms with Gasteiger partial charge in [-0.1, -0.05) is 0 Å². The van der Waals surface area contributed by atoms with Crippen LogP contribution in [0.15, 0.2) is 10.3 Å². The highest BCUT2D eigenvalue weighted by atomic mass is 32.2. The lowest BCUT2D eigenvalue weighted by Crippen LogP contribution is -2.49. The highest BCUT2D eigenvalue weighted by Crippen LogP contribution is 2.40. The minimum atomic E-state index is -3.96. The van der Waals surface area contributed by atoms with E-state index in [9.17, 15) is 18.3 Å². The summed E-state index contributed by atoms with van der Waals surface area (Å²) in [6.07, 6.45) is 0.782. The van der Waals surface area contributed by atoms with Crippen LogP contribution in [0.4, 0.5) is 0 Å². The lowest BCUT2D eigenvalue weighted by molar-refractivity contribution is -0.141. The van der Waals surface area contributed by atoms with E-state index in [1.165, 1.54) is 12.5 Å². The normalized spacial score (nSPS) is 22.9. The van der Waals surface area contributed by atoms with Crippen molar-refractivity contribution in [2.75, 3.05) is 7.11 Å². The second-order valence-corrected chi connectivity index (χ2v) is 7.61. The van der Waals surface area contributed by atoms with Gasteiger partial charge in [-0.3, -0.25) is 4.79 Å². The second kappa shape index (κ2) is 4.97. The van der Waals surface area contributed by atoms with E-state index in [0.29, 0.717) is 12.8 Å². The average molecular weight is 320 g/mol. The van der Waals surface area contributed by atoms with Crippen LogP contribution < -0.4 is 4.74 Å². The Balaban J connectivity index is 2.54. The maximum atomic E-state index is 12.8. The van der Waals surface area contributed by atoms with Gasteiger partial charge in [-0.05, 0) is 38.2 Å². The molecule has 0 bridgehead atoms. The van der Waals surface area contributed by atoms with Gasteiger partial charge in [0.05, 0.1) is 7.11 Å². The van der Waals surface area contributed by atoms with Crippen LogP contribution >= 0.6 is 11.5 Å². The van der Waals surface area contributed by atoms with Gasteiger partial charge in [0, 0.05) is 10.9 Å². The van der Waals surface area contributed by atoms with Gasteiger partial charge in [-0.25, -0.2) is 8.42 Å². The lowest BCUT2D eigenvalue weighted by atomic mass is 10.0. The molecule has 1 unspecified atom stereocenters. The molecule has 0 amide bonds. The lowest BCUT2D eigenvalue weighted by Gasteiger charge is -2.32. The minimum absolute atomic E-state index is 0.00170. The summed E-state index contributed by atoms with van der Waals surface area (Å²) in [6, 6.07) is -1.06. The van der Waals surface area contributed by atoms with Crippen molar-refractivity contribution >= 4 is 27.5 Å². The van der Waals surface area contributed by atoms with Gasteiger partial charge in [0.15, 0.2) is 4.90 Å². The van der Waals surface area contributed by atoms with Crippen LogP contribution in [0.5, 0.6) is 5.88 Å². The monoisotopic (exact) mass is 320 g/mol. The largest absolute Gasteiger partial charge is 0.480 e. The number of hydrogen-bond donors (Lipinski definition) is 1. The quantitative estimate of drug-likeness (QED) is 0.894. The Bertz CT molecular complexity index is 623. The number of sulfonamides is 1. The van der Waals surface area contributed by atoms with Crippen molar-refractivity contribution in [1.29, 1.82) is 0 Å². The van der Waals surface area contributed by atoms with Gasteiger partial charge in [0.25, 0.3) is 10.0 Å². The highest BCUT2D eigenvalue weighted by Gasteiger charge is 2.51. The molecule has 2 heterocycles. The number of aromatic nitrogens is 1. The molecule has 2 rings (SSSR count). The smallest absolute Gasteiger partial charge is 0.322 e. The van der Waals surface area contributed by atoms with Crippen molar-refractivity contribution in [3.05, 3.63) is 5.38 Å². The molecule has 20 heavy (non-hydrogen) atoms. The number of carboxylic acid groups (broad SMARTS) is 1. The number of hydrogen-bond acceptors (Lipinski definition) is 6. The van der Waals surface area contributed by atoms with Crippen molar-refractivity contribution in [2.24, 2.45) is 0 Å². The van der Waals surface area contributed by atoms with Crippen molar-refractivity contribution in [3.8, 4) is 5.88 Å². The molecular formula is C11H16N2O5S2. The second-order valence-electron chi connectivity index (χ2n) is 5.19. The van der Waals surface area contributed by atoms with E-state index in [1.54, 1.807) is 13.8 Å². The zero-order valence-electron chi connectivity index (χ0n) is 11.4. The van der Waals surface area contributed by atoms with Crippen molar-refractivity contribution in [2.45, 2.75) is 43.2 Å². The third-order valence-electron chi connectivity index (χ3n) is 3.43. The van der Waals surface area contributed by atoms with Crippen LogP contribution in [0.2, 0.25) is 0 Å². The number of ether oxygens (including phenoxy) is 1. The molecule has 0 aliphatic carbocycles. The fraction of sp³-hybridized carbons (Fsp3) is 0.636. The van der Waals surface area contributed by atoms with E-state index in [1.807, 2.05) is 0 Å². The number of carbonyl (C=O) groups is 1. The molecule has 1 fully saturated rings. The molecule has 9 heteroatoms.